The maximum absolute atomic E-state index is 2.44. The van der Waals surface area contributed by atoms with E-state index in [1.807, 2.05) is 0 Å². The average molecular weight is 119 g/mol. The van der Waals surface area contributed by atoms with Gasteiger partial charge in [-0.05, 0) is 37.0 Å². The second-order valence-corrected chi connectivity index (χ2v) is 3.64. The van der Waals surface area contributed by atoms with Crippen LogP contribution in [0.5, 0.6) is 0 Å². The molecule has 3 unspecified atom stereocenters. The highest BCUT2D eigenvalue weighted by atomic mass is 14.6. The van der Waals surface area contributed by atoms with Gasteiger partial charge in [0.05, 0.1) is 0 Å². The summed E-state index contributed by atoms with van der Waals surface area (Å²) >= 11 is 0. The summed E-state index contributed by atoms with van der Waals surface area (Å²) in [6.45, 7) is 0. The predicted molar refractivity (Wildman–Crippen MR) is 36.7 cm³/mol. The first-order chi connectivity index (χ1) is 4.45. The molecule has 0 aliphatic heterocycles. The van der Waals surface area contributed by atoms with Gasteiger partial charge < -0.3 is 0 Å². The van der Waals surface area contributed by atoms with Crippen molar-refractivity contribution in [1.82, 2.24) is 0 Å². The average Bonchev–Trinajstić information content (AvgIpc) is 2.68. The van der Waals surface area contributed by atoms with Gasteiger partial charge in [0.1, 0.15) is 0 Å². The molecular formula is C9H11. The normalized spacial score (nSPS) is 53.6. The van der Waals surface area contributed by atoms with Gasteiger partial charge in [0, 0.05) is 5.92 Å². The van der Waals surface area contributed by atoms with Crippen LogP contribution in [-0.4, -0.2) is 0 Å². The van der Waals surface area contributed by atoms with Gasteiger partial charge in [-0.1, -0.05) is 12.2 Å². The minimum atomic E-state index is 0.993. The third kappa shape index (κ3) is 0.452. The van der Waals surface area contributed by atoms with Crippen LogP contribution < -0.4 is 0 Å². The summed E-state index contributed by atoms with van der Waals surface area (Å²) in [5, 5.41) is 0. The lowest BCUT2D eigenvalue weighted by Gasteiger charge is -2.28. The maximum atomic E-state index is 2.44. The van der Waals surface area contributed by atoms with Crippen LogP contribution in [0.3, 0.4) is 0 Å². The Morgan fingerprint density at radius 2 is 2.44 bits per heavy atom. The third-order valence-corrected chi connectivity index (χ3v) is 3.19. The zero-order chi connectivity index (χ0) is 5.84. The Balaban J connectivity index is 2.05. The van der Waals surface area contributed by atoms with Gasteiger partial charge in [-0.25, -0.2) is 0 Å². The fourth-order valence-corrected chi connectivity index (χ4v) is 2.54. The minimum Gasteiger partial charge on any atom is -0.0845 e. The van der Waals surface area contributed by atoms with E-state index in [4.69, 9.17) is 0 Å². The molecule has 1 radical (unpaired) electrons. The Hall–Kier alpha value is -0.260. The molecule has 3 atom stereocenters. The second kappa shape index (κ2) is 1.25. The molecule has 0 aromatic carbocycles. The van der Waals surface area contributed by atoms with Crippen molar-refractivity contribution in [3.8, 4) is 0 Å². The van der Waals surface area contributed by atoms with Crippen molar-refractivity contribution < 1.29 is 0 Å². The van der Waals surface area contributed by atoms with Crippen molar-refractivity contribution in [3.63, 3.8) is 0 Å². The molecule has 0 amide bonds. The van der Waals surface area contributed by atoms with Crippen molar-refractivity contribution in [2.24, 2.45) is 17.8 Å². The van der Waals surface area contributed by atoms with Crippen molar-refractivity contribution in [3.05, 3.63) is 18.1 Å². The SMILES string of the molecule is C1=CC2CC[C]1C1CC21. The van der Waals surface area contributed by atoms with Gasteiger partial charge in [0.2, 0.25) is 0 Å². The lowest BCUT2D eigenvalue weighted by atomic mass is 9.76. The molecule has 0 aromatic heterocycles. The van der Waals surface area contributed by atoms with Crippen molar-refractivity contribution in [2.45, 2.75) is 19.3 Å². The molecule has 0 heteroatoms. The number of rotatable bonds is 0. The standard InChI is InChI=1S/C9H11/c1-2-7-4-3-6(1)8-5-9(7)8/h1-2,6,8-9H,3-5H2. The highest BCUT2D eigenvalue weighted by Crippen LogP contribution is 2.60. The van der Waals surface area contributed by atoms with E-state index in [-0.39, 0.29) is 0 Å². The van der Waals surface area contributed by atoms with Gasteiger partial charge in [-0.2, -0.15) is 0 Å². The highest BCUT2D eigenvalue weighted by Gasteiger charge is 2.51. The van der Waals surface area contributed by atoms with E-state index in [1.54, 1.807) is 5.92 Å². The lowest BCUT2D eigenvalue weighted by Crippen LogP contribution is -2.18. The van der Waals surface area contributed by atoms with Crippen molar-refractivity contribution >= 4 is 0 Å². The molecule has 2 saturated carbocycles. The van der Waals surface area contributed by atoms with Gasteiger partial charge in [0.25, 0.3) is 0 Å². The van der Waals surface area contributed by atoms with Gasteiger partial charge in [-0.3, -0.25) is 0 Å². The number of fused-ring (bicyclic) bond motifs is 1. The first-order valence-electron chi connectivity index (χ1n) is 3.99. The Morgan fingerprint density at radius 3 is 2.89 bits per heavy atom. The summed E-state index contributed by atoms with van der Waals surface area (Å²) < 4.78 is 0. The summed E-state index contributed by atoms with van der Waals surface area (Å²) in [6.07, 6.45) is 9.23. The van der Waals surface area contributed by atoms with Gasteiger partial charge in [0.15, 0.2) is 0 Å². The molecule has 4 rings (SSSR count). The Labute approximate surface area is 56.0 Å². The number of allylic oxidation sites excluding steroid dienone is 2. The second-order valence-electron chi connectivity index (χ2n) is 3.64. The van der Waals surface area contributed by atoms with E-state index in [2.05, 4.69) is 12.2 Å². The number of hydrogen-bond acceptors (Lipinski definition) is 0. The molecular weight excluding hydrogens is 108 g/mol. The Bertz CT molecular complexity index is 151. The first-order valence-corrected chi connectivity index (χ1v) is 3.99. The van der Waals surface area contributed by atoms with Gasteiger partial charge >= 0.3 is 0 Å². The predicted octanol–water partition coefficient (Wildman–Crippen LogP) is 2.18. The zero-order valence-corrected chi connectivity index (χ0v) is 5.51. The maximum Gasteiger partial charge on any atom is 0.000693 e. The van der Waals surface area contributed by atoms with Crippen LogP contribution in [0.4, 0.5) is 0 Å². The van der Waals surface area contributed by atoms with Crippen LogP contribution in [-0.2, 0) is 0 Å². The third-order valence-electron chi connectivity index (χ3n) is 3.19. The van der Waals surface area contributed by atoms with E-state index >= 15 is 0 Å². The van der Waals surface area contributed by atoms with Crippen LogP contribution in [0.2, 0.25) is 0 Å². The largest absolute Gasteiger partial charge is 0.0845 e. The van der Waals surface area contributed by atoms with E-state index < -0.39 is 0 Å². The molecule has 4 aliphatic rings. The summed E-state index contributed by atoms with van der Waals surface area (Å²) in [5.41, 5.74) is 0. The lowest BCUT2D eigenvalue weighted by molar-refractivity contribution is 0.410. The smallest absolute Gasteiger partial charge is 0.000693 e. The van der Waals surface area contributed by atoms with Crippen molar-refractivity contribution in [2.75, 3.05) is 0 Å². The van der Waals surface area contributed by atoms with Crippen LogP contribution in [0.25, 0.3) is 0 Å². The molecule has 4 aliphatic carbocycles. The molecule has 0 nitrogen and oxygen atoms in total. The molecule has 2 fully saturated rings. The van der Waals surface area contributed by atoms with E-state index in [0.717, 1.165) is 17.8 Å². The van der Waals surface area contributed by atoms with Gasteiger partial charge in [-0.15, -0.1) is 0 Å². The van der Waals surface area contributed by atoms with Crippen LogP contribution >= 0.6 is 0 Å². The topological polar surface area (TPSA) is 0 Å². The molecule has 0 aromatic rings. The Morgan fingerprint density at radius 1 is 1.44 bits per heavy atom. The summed E-state index contributed by atoms with van der Waals surface area (Å²) in [7, 11) is 0. The van der Waals surface area contributed by atoms with E-state index in [1.165, 1.54) is 19.3 Å². The minimum absolute atomic E-state index is 0.993. The van der Waals surface area contributed by atoms with Crippen LogP contribution in [0.1, 0.15) is 19.3 Å². The quantitative estimate of drug-likeness (QED) is 0.458. The zero-order valence-electron chi connectivity index (χ0n) is 5.51. The molecule has 2 bridgehead atoms. The molecule has 0 saturated heterocycles. The summed E-state index contributed by atoms with van der Waals surface area (Å²) in [4.78, 5) is 0. The van der Waals surface area contributed by atoms with Crippen molar-refractivity contribution in [1.29, 1.82) is 0 Å². The van der Waals surface area contributed by atoms with E-state index in [9.17, 15) is 0 Å². The molecule has 47 valence electrons. The summed E-state index contributed by atoms with van der Waals surface area (Å²) in [5.74, 6) is 4.93. The monoisotopic (exact) mass is 119 g/mol. The fourth-order valence-electron chi connectivity index (χ4n) is 2.54. The molecule has 0 N–H and O–H groups in total. The molecule has 0 spiro atoms. The van der Waals surface area contributed by atoms with E-state index in [0.29, 0.717) is 0 Å². The molecule has 0 heterocycles. The molecule has 9 heavy (non-hydrogen) atoms. The first kappa shape index (κ1) is 4.54. The van der Waals surface area contributed by atoms with Crippen LogP contribution in [0, 0.1) is 23.7 Å². The highest BCUT2D eigenvalue weighted by molar-refractivity contribution is 5.30. The fraction of sp³-hybridized carbons (Fsp3) is 0.667. The van der Waals surface area contributed by atoms with Crippen LogP contribution in [0.15, 0.2) is 12.2 Å². The number of hydrogen-bond donors (Lipinski definition) is 0. The Kier molecular flexibility index (Phi) is 0.633. The summed E-state index contributed by atoms with van der Waals surface area (Å²) in [6, 6.07) is 0.